The summed E-state index contributed by atoms with van der Waals surface area (Å²) >= 11 is 3.25. The van der Waals surface area contributed by atoms with Crippen LogP contribution in [0.3, 0.4) is 0 Å². The average molecular weight is 350 g/mol. The van der Waals surface area contributed by atoms with Gasteiger partial charge in [0, 0.05) is 23.3 Å². The number of hydrogen-bond acceptors (Lipinski definition) is 3. The van der Waals surface area contributed by atoms with E-state index in [9.17, 15) is 4.39 Å². The van der Waals surface area contributed by atoms with E-state index in [2.05, 4.69) is 26.2 Å². The molecule has 1 aromatic carbocycles. The summed E-state index contributed by atoms with van der Waals surface area (Å²) in [6.45, 7) is 0.594. The van der Waals surface area contributed by atoms with Gasteiger partial charge in [-0.1, -0.05) is 22.0 Å². The SMILES string of the molecule is CNCc1c(Oc2cc(F)cc(Br)c2)nc2ccccn12. The molecule has 0 aliphatic carbocycles. The number of hydrogen-bond donors (Lipinski definition) is 1. The normalized spacial score (nSPS) is 11.0. The molecule has 21 heavy (non-hydrogen) atoms. The average Bonchev–Trinajstić information content (AvgIpc) is 2.76. The summed E-state index contributed by atoms with van der Waals surface area (Å²) in [6.07, 6.45) is 1.92. The number of imidazole rings is 1. The molecule has 0 unspecified atom stereocenters. The van der Waals surface area contributed by atoms with Crippen LogP contribution in [0.5, 0.6) is 11.6 Å². The van der Waals surface area contributed by atoms with Crippen LogP contribution in [0.4, 0.5) is 4.39 Å². The minimum Gasteiger partial charge on any atom is -0.437 e. The molecule has 0 radical (unpaired) electrons. The number of fused-ring (bicyclic) bond motifs is 1. The second-order valence-electron chi connectivity index (χ2n) is 4.53. The number of benzene rings is 1. The number of nitrogens with one attached hydrogen (secondary N) is 1. The standard InChI is InChI=1S/C15H13BrFN3O/c1-18-9-13-15(19-14-4-2-3-5-20(13)14)21-12-7-10(16)6-11(17)8-12/h2-8,18H,9H2,1H3. The minimum atomic E-state index is -0.363. The first-order valence-electron chi connectivity index (χ1n) is 6.42. The summed E-state index contributed by atoms with van der Waals surface area (Å²) < 4.78 is 21.8. The molecule has 3 aromatic rings. The molecule has 0 aliphatic rings. The lowest BCUT2D eigenvalue weighted by molar-refractivity contribution is 0.452. The molecule has 6 heteroatoms. The molecule has 0 atom stereocenters. The molecule has 0 spiro atoms. The first-order chi connectivity index (χ1) is 10.2. The smallest absolute Gasteiger partial charge is 0.242 e. The van der Waals surface area contributed by atoms with Gasteiger partial charge in [0.05, 0.1) is 0 Å². The second-order valence-corrected chi connectivity index (χ2v) is 5.45. The van der Waals surface area contributed by atoms with Crippen LogP contribution in [0.1, 0.15) is 5.69 Å². The predicted molar refractivity (Wildman–Crippen MR) is 82.1 cm³/mol. The molecule has 0 bridgehead atoms. The Morgan fingerprint density at radius 3 is 2.95 bits per heavy atom. The maximum Gasteiger partial charge on any atom is 0.242 e. The highest BCUT2D eigenvalue weighted by Crippen LogP contribution is 2.28. The van der Waals surface area contributed by atoms with Crippen molar-refractivity contribution in [3.63, 3.8) is 0 Å². The van der Waals surface area contributed by atoms with E-state index >= 15 is 0 Å². The highest BCUT2D eigenvalue weighted by molar-refractivity contribution is 9.10. The Labute approximate surface area is 129 Å². The number of nitrogens with zero attached hydrogens (tertiary/aromatic N) is 2. The highest BCUT2D eigenvalue weighted by Gasteiger charge is 2.14. The van der Waals surface area contributed by atoms with Crippen molar-refractivity contribution in [1.29, 1.82) is 0 Å². The topological polar surface area (TPSA) is 38.6 Å². The molecular formula is C15H13BrFN3O. The summed E-state index contributed by atoms with van der Waals surface area (Å²) in [5.41, 5.74) is 1.67. The van der Waals surface area contributed by atoms with E-state index in [-0.39, 0.29) is 5.82 Å². The van der Waals surface area contributed by atoms with Crippen molar-refractivity contribution >= 4 is 21.6 Å². The summed E-state index contributed by atoms with van der Waals surface area (Å²) in [6, 6.07) is 10.1. The molecule has 0 aliphatic heterocycles. The molecule has 3 rings (SSSR count). The Morgan fingerprint density at radius 1 is 1.33 bits per heavy atom. The molecule has 0 fully saturated rings. The van der Waals surface area contributed by atoms with Crippen molar-refractivity contribution < 1.29 is 9.13 Å². The fourth-order valence-corrected chi connectivity index (χ4v) is 2.58. The van der Waals surface area contributed by atoms with E-state index in [0.717, 1.165) is 11.3 Å². The van der Waals surface area contributed by atoms with Gasteiger partial charge >= 0.3 is 0 Å². The van der Waals surface area contributed by atoms with Crippen LogP contribution in [0.15, 0.2) is 47.1 Å². The van der Waals surface area contributed by atoms with Gasteiger partial charge in [-0.2, -0.15) is 4.98 Å². The van der Waals surface area contributed by atoms with Crippen molar-refractivity contribution in [2.45, 2.75) is 6.54 Å². The van der Waals surface area contributed by atoms with Crippen LogP contribution in [0, 0.1) is 5.82 Å². The molecule has 0 saturated carbocycles. The van der Waals surface area contributed by atoms with Gasteiger partial charge in [0.1, 0.15) is 22.9 Å². The summed E-state index contributed by atoms with van der Waals surface area (Å²) in [7, 11) is 1.85. The van der Waals surface area contributed by atoms with Crippen molar-refractivity contribution in [3.05, 3.63) is 58.6 Å². The minimum absolute atomic E-state index is 0.363. The molecular weight excluding hydrogens is 337 g/mol. The largest absolute Gasteiger partial charge is 0.437 e. The van der Waals surface area contributed by atoms with E-state index in [1.807, 2.05) is 35.8 Å². The van der Waals surface area contributed by atoms with Gasteiger partial charge in [0.25, 0.3) is 0 Å². The Morgan fingerprint density at radius 2 is 2.19 bits per heavy atom. The fourth-order valence-electron chi connectivity index (χ4n) is 2.13. The number of pyridine rings is 1. The van der Waals surface area contributed by atoms with Crippen LogP contribution in [0.25, 0.3) is 5.65 Å². The molecule has 2 heterocycles. The van der Waals surface area contributed by atoms with Crippen LogP contribution in [-0.4, -0.2) is 16.4 Å². The van der Waals surface area contributed by atoms with Crippen molar-refractivity contribution in [3.8, 4) is 11.6 Å². The second kappa shape index (κ2) is 5.83. The van der Waals surface area contributed by atoms with E-state index in [4.69, 9.17) is 4.74 Å². The number of ether oxygens (including phenoxy) is 1. The fraction of sp³-hybridized carbons (Fsp3) is 0.133. The highest BCUT2D eigenvalue weighted by atomic mass is 79.9. The van der Waals surface area contributed by atoms with Crippen LogP contribution >= 0.6 is 15.9 Å². The third-order valence-electron chi connectivity index (χ3n) is 2.99. The number of rotatable bonds is 4. The number of halogens is 2. The molecule has 0 amide bonds. The Kier molecular flexibility index (Phi) is 3.90. The molecule has 2 aromatic heterocycles. The van der Waals surface area contributed by atoms with Crippen molar-refractivity contribution in [2.75, 3.05) is 7.05 Å². The predicted octanol–water partition coefficient (Wildman–Crippen LogP) is 3.75. The van der Waals surface area contributed by atoms with Gasteiger partial charge in [-0.15, -0.1) is 0 Å². The van der Waals surface area contributed by atoms with E-state index in [1.165, 1.54) is 12.1 Å². The van der Waals surface area contributed by atoms with E-state index < -0.39 is 0 Å². The molecule has 1 N–H and O–H groups in total. The van der Waals surface area contributed by atoms with Gasteiger partial charge in [-0.3, -0.25) is 4.40 Å². The van der Waals surface area contributed by atoms with Crippen LogP contribution in [0.2, 0.25) is 0 Å². The maximum absolute atomic E-state index is 13.4. The lowest BCUT2D eigenvalue weighted by Gasteiger charge is -2.07. The van der Waals surface area contributed by atoms with Crippen molar-refractivity contribution in [2.24, 2.45) is 0 Å². The van der Waals surface area contributed by atoms with Crippen LogP contribution in [-0.2, 0) is 6.54 Å². The van der Waals surface area contributed by atoms with Gasteiger partial charge in [0.2, 0.25) is 5.88 Å². The Hall–Kier alpha value is -1.92. The molecule has 108 valence electrons. The zero-order valence-corrected chi connectivity index (χ0v) is 12.9. The third-order valence-corrected chi connectivity index (χ3v) is 3.44. The van der Waals surface area contributed by atoms with E-state index in [0.29, 0.717) is 22.6 Å². The quantitative estimate of drug-likeness (QED) is 0.779. The van der Waals surface area contributed by atoms with Crippen LogP contribution < -0.4 is 10.1 Å². The lowest BCUT2D eigenvalue weighted by atomic mass is 10.3. The maximum atomic E-state index is 13.4. The number of aromatic nitrogens is 2. The Balaban J connectivity index is 2.04. The van der Waals surface area contributed by atoms with Gasteiger partial charge in [0.15, 0.2) is 0 Å². The van der Waals surface area contributed by atoms with Crippen molar-refractivity contribution in [1.82, 2.24) is 14.7 Å². The first kappa shape index (κ1) is 14.0. The van der Waals surface area contributed by atoms with E-state index in [1.54, 1.807) is 6.07 Å². The zero-order valence-electron chi connectivity index (χ0n) is 11.3. The third kappa shape index (κ3) is 2.91. The Bertz CT molecular complexity index is 767. The summed E-state index contributed by atoms with van der Waals surface area (Å²) in [5, 5.41) is 3.09. The van der Waals surface area contributed by atoms with Gasteiger partial charge in [-0.25, -0.2) is 4.39 Å². The lowest BCUT2D eigenvalue weighted by Crippen LogP contribution is -2.08. The zero-order chi connectivity index (χ0) is 14.8. The monoisotopic (exact) mass is 349 g/mol. The summed E-state index contributed by atoms with van der Waals surface area (Å²) in [4.78, 5) is 4.45. The molecule has 4 nitrogen and oxygen atoms in total. The van der Waals surface area contributed by atoms with Gasteiger partial charge < -0.3 is 10.1 Å². The summed E-state index contributed by atoms with van der Waals surface area (Å²) in [5.74, 6) is 0.508. The molecule has 0 saturated heterocycles. The first-order valence-corrected chi connectivity index (χ1v) is 7.21. The van der Waals surface area contributed by atoms with Gasteiger partial charge in [-0.05, 0) is 31.3 Å².